The van der Waals surface area contributed by atoms with Crippen molar-refractivity contribution >= 4 is 0 Å². The van der Waals surface area contributed by atoms with E-state index >= 15 is 0 Å². The Labute approximate surface area is 111 Å². The van der Waals surface area contributed by atoms with Crippen LogP contribution >= 0.6 is 0 Å². The average molecular weight is 249 g/mol. The fourth-order valence-corrected chi connectivity index (χ4v) is 2.98. The van der Waals surface area contributed by atoms with Crippen molar-refractivity contribution in [1.82, 2.24) is 5.32 Å². The van der Waals surface area contributed by atoms with E-state index in [4.69, 9.17) is 4.42 Å². The summed E-state index contributed by atoms with van der Waals surface area (Å²) in [5, 5.41) is 3.68. The topological polar surface area (TPSA) is 25.2 Å². The molecule has 0 aromatic carbocycles. The third-order valence-corrected chi connectivity index (χ3v) is 4.04. The largest absolute Gasteiger partial charge is 0.472 e. The van der Waals surface area contributed by atoms with Crippen molar-refractivity contribution in [2.24, 2.45) is 11.8 Å². The van der Waals surface area contributed by atoms with Gasteiger partial charge in [0.15, 0.2) is 0 Å². The molecule has 1 aliphatic carbocycles. The summed E-state index contributed by atoms with van der Waals surface area (Å²) >= 11 is 0. The van der Waals surface area contributed by atoms with Crippen LogP contribution < -0.4 is 5.32 Å². The van der Waals surface area contributed by atoms with Crippen LogP contribution in [0.15, 0.2) is 23.0 Å². The lowest BCUT2D eigenvalue weighted by Crippen LogP contribution is -2.41. The summed E-state index contributed by atoms with van der Waals surface area (Å²) in [6, 6.07) is 2.11. The van der Waals surface area contributed by atoms with E-state index in [9.17, 15) is 0 Å². The van der Waals surface area contributed by atoms with E-state index in [1.165, 1.54) is 31.2 Å². The van der Waals surface area contributed by atoms with Gasteiger partial charge >= 0.3 is 0 Å². The van der Waals surface area contributed by atoms with E-state index in [2.05, 4.69) is 32.2 Å². The van der Waals surface area contributed by atoms with E-state index in [1.807, 2.05) is 6.26 Å². The van der Waals surface area contributed by atoms with Crippen LogP contribution in [0.3, 0.4) is 0 Å². The van der Waals surface area contributed by atoms with Gasteiger partial charge in [-0.05, 0) is 57.2 Å². The normalized spacial score (nSPS) is 19.3. The predicted octanol–water partition coefficient (Wildman–Crippen LogP) is 4.02. The van der Waals surface area contributed by atoms with Crippen LogP contribution in [0.25, 0.3) is 0 Å². The first kappa shape index (κ1) is 13.7. The molecule has 0 saturated heterocycles. The summed E-state index contributed by atoms with van der Waals surface area (Å²) in [5.74, 6) is 1.65. The SMILES string of the molecule is CC(C)(C)NCC(Cc1ccoc1)C1CCCC1. The van der Waals surface area contributed by atoms with Crippen LogP contribution in [-0.2, 0) is 6.42 Å². The molecule has 2 nitrogen and oxygen atoms in total. The second kappa shape index (κ2) is 5.92. The molecule has 1 aliphatic rings. The van der Waals surface area contributed by atoms with E-state index in [0.717, 1.165) is 24.8 Å². The molecule has 0 amide bonds. The first-order valence-corrected chi connectivity index (χ1v) is 7.31. The van der Waals surface area contributed by atoms with Crippen LogP contribution in [-0.4, -0.2) is 12.1 Å². The van der Waals surface area contributed by atoms with Gasteiger partial charge in [-0.1, -0.05) is 25.7 Å². The molecular weight excluding hydrogens is 222 g/mol. The first-order valence-electron chi connectivity index (χ1n) is 7.31. The maximum atomic E-state index is 5.20. The molecular formula is C16H27NO. The number of hydrogen-bond donors (Lipinski definition) is 1. The number of hydrogen-bond acceptors (Lipinski definition) is 2. The smallest absolute Gasteiger partial charge is 0.0934 e. The summed E-state index contributed by atoms with van der Waals surface area (Å²) in [7, 11) is 0. The summed E-state index contributed by atoms with van der Waals surface area (Å²) in [6.45, 7) is 7.86. The molecule has 1 aromatic rings. The molecule has 1 atom stereocenters. The highest BCUT2D eigenvalue weighted by Gasteiger charge is 2.26. The third kappa shape index (κ3) is 4.16. The van der Waals surface area contributed by atoms with E-state index in [-0.39, 0.29) is 5.54 Å². The van der Waals surface area contributed by atoms with Gasteiger partial charge in [0.2, 0.25) is 0 Å². The summed E-state index contributed by atoms with van der Waals surface area (Å²) < 4.78 is 5.20. The van der Waals surface area contributed by atoms with Gasteiger partial charge in [-0.3, -0.25) is 0 Å². The zero-order valence-corrected chi connectivity index (χ0v) is 12.0. The summed E-state index contributed by atoms with van der Waals surface area (Å²) in [4.78, 5) is 0. The number of rotatable bonds is 5. The Morgan fingerprint density at radius 1 is 1.33 bits per heavy atom. The lowest BCUT2D eigenvalue weighted by molar-refractivity contribution is 0.286. The second-order valence-corrected chi connectivity index (χ2v) is 6.77. The second-order valence-electron chi connectivity index (χ2n) is 6.77. The molecule has 1 heterocycles. The molecule has 2 rings (SSSR count). The molecule has 0 spiro atoms. The molecule has 1 aromatic heterocycles. The molecule has 2 heteroatoms. The summed E-state index contributed by atoms with van der Waals surface area (Å²) in [5.41, 5.74) is 1.57. The highest BCUT2D eigenvalue weighted by Crippen LogP contribution is 2.33. The highest BCUT2D eigenvalue weighted by molar-refractivity contribution is 5.07. The minimum atomic E-state index is 0.216. The van der Waals surface area contributed by atoms with Crippen molar-refractivity contribution in [3.8, 4) is 0 Å². The molecule has 0 aliphatic heterocycles. The Kier molecular flexibility index (Phi) is 4.50. The van der Waals surface area contributed by atoms with Crippen LogP contribution in [0, 0.1) is 11.8 Å². The van der Waals surface area contributed by atoms with Crippen LogP contribution in [0.2, 0.25) is 0 Å². The van der Waals surface area contributed by atoms with Crippen molar-refractivity contribution < 1.29 is 4.42 Å². The Morgan fingerprint density at radius 3 is 2.61 bits per heavy atom. The Hall–Kier alpha value is -0.760. The van der Waals surface area contributed by atoms with Crippen LogP contribution in [0.4, 0.5) is 0 Å². The molecule has 1 unspecified atom stereocenters. The van der Waals surface area contributed by atoms with Gasteiger partial charge in [0.05, 0.1) is 12.5 Å². The van der Waals surface area contributed by atoms with Gasteiger partial charge in [-0.15, -0.1) is 0 Å². The molecule has 1 N–H and O–H groups in total. The van der Waals surface area contributed by atoms with Gasteiger partial charge in [-0.25, -0.2) is 0 Å². The van der Waals surface area contributed by atoms with Gasteiger partial charge in [0, 0.05) is 5.54 Å². The van der Waals surface area contributed by atoms with Crippen molar-refractivity contribution in [1.29, 1.82) is 0 Å². The monoisotopic (exact) mass is 249 g/mol. The third-order valence-electron chi connectivity index (χ3n) is 4.04. The zero-order chi connectivity index (χ0) is 13.0. The van der Waals surface area contributed by atoms with Crippen molar-refractivity contribution in [2.75, 3.05) is 6.54 Å². The van der Waals surface area contributed by atoms with Gasteiger partial charge < -0.3 is 9.73 Å². The zero-order valence-electron chi connectivity index (χ0n) is 12.0. The minimum Gasteiger partial charge on any atom is -0.472 e. The first-order chi connectivity index (χ1) is 8.54. The number of furan rings is 1. The average Bonchev–Trinajstić information content (AvgIpc) is 2.95. The molecule has 1 fully saturated rings. The quantitative estimate of drug-likeness (QED) is 0.852. The van der Waals surface area contributed by atoms with Crippen molar-refractivity contribution in [3.05, 3.63) is 24.2 Å². The minimum absolute atomic E-state index is 0.216. The molecule has 0 bridgehead atoms. The van der Waals surface area contributed by atoms with Crippen LogP contribution in [0.5, 0.6) is 0 Å². The van der Waals surface area contributed by atoms with Crippen molar-refractivity contribution in [3.63, 3.8) is 0 Å². The number of nitrogens with one attached hydrogen (secondary N) is 1. The maximum absolute atomic E-state index is 5.20. The Balaban J connectivity index is 1.93. The van der Waals surface area contributed by atoms with Gasteiger partial charge in [-0.2, -0.15) is 0 Å². The molecule has 18 heavy (non-hydrogen) atoms. The predicted molar refractivity (Wildman–Crippen MR) is 75.6 cm³/mol. The Bertz CT molecular complexity index is 330. The van der Waals surface area contributed by atoms with Crippen LogP contribution in [0.1, 0.15) is 52.0 Å². The fourth-order valence-electron chi connectivity index (χ4n) is 2.98. The molecule has 1 saturated carbocycles. The lowest BCUT2D eigenvalue weighted by atomic mass is 9.85. The standard InChI is InChI=1S/C16H27NO/c1-16(2,3)17-11-15(14-6-4-5-7-14)10-13-8-9-18-12-13/h8-9,12,14-15,17H,4-7,10-11H2,1-3H3. The van der Waals surface area contributed by atoms with Crippen molar-refractivity contribution in [2.45, 2.75) is 58.4 Å². The Morgan fingerprint density at radius 2 is 2.06 bits per heavy atom. The van der Waals surface area contributed by atoms with E-state index in [0.29, 0.717) is 0 Å². The summed E-state index contributed by atoms with van der Waals surface area (Å²) in [6.07, 6.45) is 10.5. The fraction of sp³-hybridized carbons (Fsp3) is 0.750. The van der Waals surface area contributed by atoms with Gasteiger partial charge in [0.1, 0.15) is 0 Å². The van der Waals surface area contributed by atoms with E-state index in [1.54, 1.807) is 6.26 Å². The van der Waals surface area contributed by atoms with Gasteiger partial charge in [0.25, 0.3) is 0 Å². The lowest BCUT2D eigenvalue weighted by Gasteiger charge is -2.28. The maximum Gasteiger partial charge on any atom is 0.0934 e. The van der Waals surface area contributed by atoms with E-state index < -0.39 is 0 Å². The molecule has 0 radical (unpaired) electrons. The molecule has 102 valence electrons. The highest BCUT2D eigenvalue weighted by atomic mass is 16.3.